The van der Waals surface area contributed by atoms with Gasteiger partial charge in [-0.05, 0) is 24.3 Å². The van der Waals surface area contributed by atoms with Crippen molar-refractivity contribution in [1.82, 2.24) is 9.78 Å². The zero-order valence-corrected chi connectivity index (χ0v) is 10.2. The number of hydrogen-bond acceptors (Lipinski definition) is 2. The number of fused-ring (bicyclic) bond motifs is 1. The quantitative estimate of drug-likeness (QED) is 0.690. The molecule has 3 aromatic rings. The minimum Gasteiger partial charge on any atom is -0.397 e. The second-order valence-electron chi connectivity index (χ2n) is 4.39. The Kier molecular flexibility index (Phi) is 2.67. The predicted octanol–water partition coefficient (Wildman–Crippen LogP) is 3.63. The molecule has 0 saturated heterocycles. The number of hydrogen-bond donors (Lipinski definition) is 1. The summed E-state index contributed by atoms with van der Waals surface area (Å²) in [7, 11) is 0. The van der Waals surface area contributed by atoms with Crippen LogP contribution in [0.4, 0.5) is 18.9 Å². The van der Waals surface area contributed by atoms with Gasteiger partial charge in [0, 0.05) is 5.39 Å². The summed E-state index contributed by atoms with van der Waals surface area (Å²) < 4.78 is 39.4. The maximum absolute atomic E-state index is 12.6. The van der Waals surface area contributed by atoms with Gasteiger partial charge in [0.25, 0.3) is 0 Å². The molecule has 0 unspecified atom stereocenters. The van der Waals surface area contributed by atoms with Gasteiger partial charge in [-0.2, -0.15) is 18.3 Å². The molecule has 102 valence electrons. The normalized spacial score (nSPS) is 11.9. The minimum atomic E-state index is -4.40. The van der Waals surface area contributed by atoms with Crippen molar-refractivity contribution in [1.29, 1.82) is 0 Å². The first-order valence-electron chi connectivity index (χ1n) is 5.87. The molecule has 0 spiro atoms. The molecule has 0 aliphatic carbocycles. The van der Waals surface area contributed by atoms with Crippen molar-refractivity contribution < 1.29 is 13.2 Å². The van der Waals surface area contributed by atoms with Crippen LogP contribution in [0.2, 0.25) is 0 Å². The molecule has 0 amide bonds. The van der Waals surface area contributed by atoms with Crippen molar-refractivity contribution >= 4 is 16.6 Å². The number of nitrogen functional groups attached to an aromatic ring is 1. The van der Waals surface area contributed by atoms with E-state index in [1.54, 1.807) is 6.20 Å². The van der Waals surface area contributed by atoms with Crippen LogP contribution in [0.1, 0.15) is 5.56 Å². The average molecular weight is 277 g/mol. The van der Waals surface area contributed by atoms with E-state index in [-0.39, 0.29) is 5.69 Å². The van der Waals surface area contributed by atoms with Crippen LogP contribution in [0.5, 0.6) is 0 Å². The van der Waals surface area contributed by atoms with Gasteiger partial charge in [0.1, 0.15) is 0 Å². The molecule has 0 fully saturated rings. The summed E-state index contributed by atoms with van der Waals surface area (Å²) in [6.45, 7) is 0. The molecule has 1 heterocycles. The van der Waals surface area contributed by atoms with E-state index in [1.165, 1.54) is 10.7 Å². The molecular formula is C14H10F3N3. The zero-order chi connectivity index (χ0) is 14.3. The molecule has 0 bridgehead atoms. The number of nitrogens with zero attached hydrogens (tertiary/aromatic N) is 2. The monoisotopic (exact) mass is 277 g/mol. The number of benzene rings is 2. The molecule has 0 aliphatic rings. The maximum atomic E-state index is 12.6. The lowest BCUT2D eigenvalue weighted by Crippen LogP contribution is -2.08. The Hall–Kier alpha value is -2.50. The first-order chi connectivity index (χ1) is 9.47. The molecule has 0 saturated carbocycles. The summed E-state index contributed by atoms with van der Waals surface area (Å²) in [6, 6.07) is 10.7. The number of nitrogens with two attached hydrogens (primary N) is 1. The van der Waals surface area contributed by atoms with Crippen molar-refractivity contribution in [3.63, 3.8) is 0 Å². The van der Waals surface area contributed by atoms with Crippen molar-refractivity contribution in [2.45, 2.75) is 6.18 Å². The summed E-state index contributed by atoms with van der Waals surface area (Å²) in [5.74, 6) is 0. The number of alkyl halides is 3. The summed E-state index contributed by atoms with van der Waals surface area (Å²) in [4.78, 5) is 0. The second-order valence-corrected chi connectivity index (χ2v) is 4.39. The van der Waals surface area contributed by atoms with E-state index in [0.29, 0.717) is 5.69 Å². The fourth-order valence-corrected chi connectivity index (χ4v) is 2.09. The smallest absolute Gasteiger partial charge is 0.397 e. The van der Waals surface area contributed by atoms with Crippen LogP contribution in [0.3, 0.4) is 0 Å². The molecule has 2 N–H and O–H groups in total. The predicted molar refractivity (Wildman–Crippen MR) is 70.5 cm³/mol. The van der Waals surface area contributed by atoms with E-state index in [9.17, 15) is 13.2 Å². The van der Waals surface area contributed by atoms with E-state index in [2.05, 4.69) is 5.10 Å². The molecule has 3 nitrogen and oxygen atoms in total. The fourth-order valence-electron chi connectivity index (χ4n) is 2.09. The van der Waals surface area contributed by atoms with Crippen LogP contribution < -0.4 is 5.73 Å². The van der Waals surface area contributed by atoms with E-state index < -0.39 is 11.7 Å². The molecule has 2 aromatic carbocycles. The van der Waals surface area contributed by atoms with Crippen LogP contribution >= 0.6 is 0 Å². The Bertz CT molecular complexity index is 775. The summed E-state index contributed by atoms with van der Waals surface area (Å²) in [5.41, 5.74) is 6.23. The Morgan fingerprint density at radius 3 is 2.50 bits per heavy atom. The number of rotatable bonds is 1. The SMILES string of the molecule is Nc1cc(C(F)(F)F)ccc1-n1ncc2ccccc21. The Balaban J connectivity index is 2.16. The van der Waals surface area contributed by atoms with E-state index in [4.69, 9.17) is 5.73 Å². The lowest BCUT2D eigenvalue weighted by atomic mass is 10.1. The molecular weight excluding hydrogens is 267 g/mol. The first-order valence-corrected chi connectivity index (χ1v) is 5.87. The van der Waals surface area contributed by atoms with Gasteiger partial charge >= 0.3 is 6.18 Å². The number of halogens is 3. The van der Waals surface area contributed by atoms with Gasteiger partial charge < -0.3 is 5.73 Å². The Morgan fingerprint density at radius 1 is 1.05 bits per heavy atom. The highest BCUT2D eigenvalue weighted by Gasteiger charge is 2.31. The van der Waals surface area contributed by atoms with Gasteiger partial charge in [-0.1, -0.05) is 18.2 Å². The van der Waals surface area contributed by atoms with E-state index >= 15 is 0 Å². The van der Waals surface area contributed by atoms with Gasteiger partial charge in [-0.15, -0.1) is 0 Å². The van der Waals surface area contributed by atoms with E-state index in [1.807, 2.05) is 24.3 Å². The first kappa shape index (κ1) is 12.5. The van der Waals surface area contributed by atoms with Crippen molar-refractivity contribution in [2.75, 3.05) is 5.73 Å². The largest absolute Gasteiger partial charge is 0.416 e. The molecule has 3 rings (SSSR count). The maximum Gasteiger partial charge on any atom is 0.416 e. The van der Waals surface area contributed by atoms with Gasteiger partial charge in [0.05, 0.1) is 28.7 Å². The van der Waals surface area contributed by atoms with Crippen LogP contribution in [-0.4, -0.2) is 9.78 Å². The third-order valence-electron chi connectivity index (χ3n) is 3.06. The third kappa shape index (κ3) is 1.99. The van der Waals surface area contributed by atoms with Crippen molar-refractivity contribution in [2.24, 2.45) is 0 Å². The average Bonchev–Trinajstić information content (AvgIpc) is 2.81. The molecule has 0 radical (unpaired) electrons. The van der Waals surface area contributed by atoms with Crippen LogP contribution in [0.15, 0.2) is 48.7 Å². The molecule has 1 aromatic heterocycles. The van der Waals surface area contributed by atoms with Crippen LogP contribution in [0, 0.1) is 0 Å². The van der Waals surface area contributed by atoms with Gasteiger partial charge in [-0.3, -0.25) is 0 Å². The summed E-state index contributed by atoms with van der Waals surface area (Å²) in [5, 5.41) is 5.07. The fraction of sp³-hybridized carbons (Fsp3) is 0.0714. The highest BCUT2D eigenvalue weighted by atomic mass is 19.4. The molecule has 6 heteroatoms. The second kappa shape index (κ2) is 4.26. The van der Waals surface area contributed by atoms with Crippen molar-refractivity contribution in [3.8, 4) is 5.69 Å². The Labute approximate surface area is 112 Å². The third-order valence-corrected chi connectivity index (χ3v) is 3.06. The van der Waals surface area contributed by atoms with Crippen LogP contribution in [-0.2, 0) is 6.18 Å². The van der Waals surface area contributed by atoms with Crippen molar-refractivity contribution in [3.05, 3.63) is 54.2 Å². The topological polar surface area (TPSA) is 43.8 Å². The van der Waals surface area contributed by atoms with Gasteiger partial charge in [0.15, 0.2) is 0 Å². The molecule has 0 atom stereocenters. The lowest BCUT2D eigenvalue weighted by Gasteiger charge is -2.11. The molecule has 0 aliphatic heterocycles. The highest BCUT2D eigenvalue weighted by Crippen LogP contribution is 2.32. The van der Waals surface area contributed by atoms with Crippen LogP contribution in [0.25, 0.3) is 16.6 Å². The zero-order valence-electron chi connectivity index (χ0n) is 10.2. The number of para-hydroxylation sites is 1. The molecule has 20 heavy (non-hydrogen) atoms. The van der Waals surface area contributed by atoms with Gasteiger partial charge in [0.2, 0.25) is 0 Å². The van der Waals surface area contributed by atoms with E-state index in [0.717, 1.165) is 23.0 Å². The Morgan fingerprint density at radius 2 is 1.80 bits per heavy atom. The lowest BCUT2D eigenvalue weighted by molar-refractivity contribution is -0.137. The number of aromatic nitrogens is 2. The minimum absolute atomic E-state index is 0.0358. The number of anilines is 1. The summed E-state index contributed by atoms with van der Waals surface area (Å²) in [6.07, 6.45) is -2.76. The standard InChI is InChI=1S/C14H10F3N3/c15-14(16,17)10-5-6-13(11(18)7-10)20-12-4-2-1-3-9(12)8-19-20/h1-8H,18H2. The summed E-state index contributed by atoms with van der Waals surface area (Å²) >= 11 is 0. The van der Waals surface area contributed by atoms with Gasteiger partial charge in [-0.25, -0.2) is 4.68 Å². The highest BCUT2D eigenvalue weighted by molar-refractivity contribution is 5.81.